The quantitative estimate of drug-likeness (QED) is 0.773. The monoisotopic (exact) mass is 269 g/mol. The van der Waals surface area contributed by atoms with Crippen molar-refractivity contribution in [3.63, 3.8) is 0 Å². The lowest BCUT2D eigenvalue weighted by molar-refractivity contribution is 0.976. The van der Waals surface area contributed by atoms with Gasteiger partial charge in [0.15, 0.2) is 0 Å². The van der Waals surface area contributed by atoms with Crippen LogP contribution in [0.1, 0.15) is 25.3 Å². The number of fused-ring (bicyclic) bond motifs is 3. The normalized spacial score (nSPS) is 11.2. The number of aromatic nitrogens is 2. The minimum atomic E-state index is 0.556. The largest absolute Gasteiger partial charge is 0.382 e. The Bertz CT molecular complexity index is 774. The zero-order valence-corrected chi connectivity index (χ0v) is 11.6. The highest BCUT2D eigenvalue weighted by Crippen LogP contribution is 2.36. The Morgan fingerprint density at radius 2 is 2.21 bits per heavy atom. The summed E-state index contributed by atoms with van der Waals surface area (Å²) in [5.41, 5.74) is 9.23. The third-order valence-electron chi connectivity index (χ3n) is 3.24. The maximum atomic E-state index is 5.91. The topological polar surface area (TPSA) is 51.8 Å². The molecule has 0 radical (unpaired) electrons. The van der Waals surface area contributed by atoms with E-state index in [0.717, 1.165) is 28.4 Å². The molecule has 0 aliphatic carbocycles. The van der Waals surface area contributed by atoms with E-state index in [2.05, 4.69) is 41.7 Å². The Morgan fingerprint density at radius 3 is 3.00 bits per heavy atom. The van der Waals surface area contributed by atoms with Crippen LogP contribution in [0.3, 0.4) is 0 Å². The summed E-state index contributed by atoms with van der Waals surface area (Å²) in [6.07, 6.45) is 3.66. The van der Waals surface area contributed by atoms with Crippen molar-refractivity contribution >= 4 is 43.0 Å². The number of hydrogen-bond acceptors (Lipinski definition) is 4. The molecule has 1 aromatic carbocycles. The third-order valence-corrected chi connectivity index (χ3v) is 4.40. The van der Waals surface area contributed by atoms with Crippen molar-refractivity contribution in [3.05, 3.63) is 36.7 Å². The van der Waals surface area contributed by atoms with Crippen molar-refractivity contribution in [1.82, 2.24) is 9.97 Å². The van der Waals surface area contributed by atoms with E-state index in [1.54, 1.807) is 11.3 Å². The molecule has 2 aromatic heterocycles. The molecule has 0 saturated carbocycles. The summed E-state index contributed by atoms with van der Waals surface area (Å²) in [4.78, 5) is 8.39. The van der Waals surface area contributed by atoms with Crippen LogP contribution in [0.25, 0.3) is 25.9 Å². The number of nitrogens with zero attached hydrogens (tertiary/aromatic N) is 2. The number of thiophene rings is 1. The van der Waals surface area contributed by atoms with Crippen molar-refractivity contribution in [2.24, 2.45) is 0 Å². The Balaban J connectivity index is 2.21. The molecule has 3 rings (SSSR count). The molecule has 0 aliphatic heterocycles. The van der Waals surface area contributed by atoms with E-state index in [9.17, 15) is 0 Å². The number of allylic oxidation sites excluding steroid dienone is 1. The molecular formula is C15H15N3S. The molecule has 4 heteroatoms. The minimum absolute atomic E-state index is 0.556. The van der Waals surface area contributed by atoms with E-state index in [4.69, 9.17) is 5.73 Å². The van der Waals surface area contributed by atoms with Gasteiger partial charge >= 0.3 is 0 Å². The number of nitrogen functional groups attached to an aromatic ring is 1. The van der Waals surface area contributed by atoms with Gasteiger partial charge < -0.3 is 5.73 Å². The van der Waals surface area contributed by atoms with Crippen LogP contribution in [0.4, 0.5) is 5.82 Å². The van der Waals surface area contributed by atoms with Gasteiger partial charge in [-0.3, -0.25) is 0 Å². The van der Waals surface area contributed by atoms with Crippen molar-refractivity contribution in [3.8, 4) is 0 Å². The van der Waals surface area contributed by atoms with Crippen molar-refractivity contribution in [2.45, 2.75) is 19.8 Å². The SMILES string of the molecule is C=C(CCC)c1ccc2c(c1)sc1c(N)ncnc12. The van der Waals surface area contributed by atoms with Gasteiger partial charge in [0.25, 0.3) is 0 Å². The van der Waals surface area contributed by atoms with Gasteiger partial charge in [-0.2, -0.15) is 0 Å². The number of rotatable bonds is 3. The molecule has 0 amide bonds. The zero-order valence-electron chi connectivity index (χ0n) is 10.8. The molecule has 0 spiro atoms. The first-order valence-corrected chi connectivity index (χ1v) is 7.13. The van der Waals surface area contributed by atoms with Gasteiger partial charge in [0, 0.05) is 10.1 Å². The second-order valence-corrected chi connectivity index (χ2v) is 5.66. The first-order chi connectivity index (χ1) is 9.20. The van der Waals surface area contributed by atoms with Gasteiger partial charge in [-0.15, -0.1) is 11.3 Å². The molecule has 3 aromatic rings. The van der Waals surface area contributed by atoms with Crippen LogP contribution in [0.2, 0.25) is 0 Å². The zero-order chi connectivity index (χ0) is 13.4. The summed E-state index contributed by atoms with van der Waals surface area (Å²) >= 11 is 1.65. The molecule has 19 heavy (non-hydrogen) atoms. The van der Waals surface area contributed by atoms with Gasteiger partial charge in [-0.25, -0.2) is 9.97 Å². The maximum Gasteiger partial charge on any atom is 0.144 e. The first-order valence-electron chi connectivity index (χ1n) is 6.31. The number of hydrogen-bond donors (Lipinski definition) is 1. The summed E-state index contributed by atoms with van der Waals surface area (Å²) in [5, 5.41) is 1.14. The molecule has 0 saturated heterocycles. The van der Waals surface area contributed by atoms with E-state index >= 15 is 0 Å². The fraction of sp³-hybridized carbons (Fsp3) is 0.200. The van der Waals surface area contributed by atoms with Crippen molar-refractivity contribution in [1.29, 1.82) is 0 Å². The lowest BCUT2D eigenvalue weighted by Gasteiger charge is -2.03. The highest BCUT2D eigenvalue weighted by Gasteiger charge is 2.10. The Hall–Kier alpha value is -1.94. The van der Waals surface area contributed by atoms with Crippen LogP contribution in [-0.2, 0) is 0 Å². The Labute approximate surface area is 115 Å². The van der Waals surface area contributed by atoms with E-state index in [1.807, 2.05) is 0 Å². The van der Waals surface area contributed by atoms with Crippen LogP contribution in [0.5, 0.6) is 0 Å². The molecular weight excluding hydrogens is 254 g/mol. The number of anilines is 1. The van der Waals surface area contributed by atoms with Crippen LogP contribution >= 0.6 is 11.3 Å². The van der Waals surface area contributed by atoms with Gasteiger partial charge in [-0.1, -0.05) is 32.1 Å². The molecule has 2 heterocycles. The number of nitrogens with two attached hydrogens (primary N) is 1. The Kier molecular flexibility index (Phi) is 2.95. The summed E-state index contributed by atoms with van der Waals surface area (Å²) in [5.74, 6) is 0.556. The predicted octanol–water partition coefficient (Wildman–Crippen LogP) is 4.24. The molecule has 96 valence electrons. The van der Waals surface area contributed by atoms with Crippen LogP contribution in [0.15, 0.2) is 31.1 Å². The fourth-order valence-electron chi connectivity index (χ4n) is 2.26. The summed E-state index contributed by atoms with van der Waals surface area (Å²) < 4.78 is 2.16. The maximum absolute atomic E-state index is 5.91. The van der Waals surface area contributed by atoms with Gasteiger partial charge in [0.05, 0.1) is 10.2 Å². The first kappa shape index (κ1) is 12.1. The van der Waals surface area contributed by atoms with E-state index in [0.29, 0.717) is 5.82 Å². The van der Waals surface area contributed by atoms with Crippen molar-refractivity contribution < 1.29 is 0 Å². The van der Waals surface area contributed by atoms with E-state index in [-0.39, 0.29) is 0 Å². The average molecular weight is 269 g/mol. The minimum Gasteiger partial charge on any atom is -0.382 e. The summed E-state index contributed by atoms with van der Waals surface area (Å²) in [7, 11) is 0. The Morgan fingerprint density at radius 1 is 1.37 bits per heavy atom. The average Bonchev–Trinajstić information content (AvgIpc) is 2.78. The van der Waals surface area contributed by atoms with E-state index < -0.39 is 0 Å². The molecule has 0 unspecified atom stereocenters. The van der Waals surface area contributed by atoms with Gasteiger partial charge in [0.1, 0.15) is 12.1 Å². The van der Waals surface area contributed by atoms with E-state index in [1.165, 1.54) is 22.2 Å². The molecule has 0 aliphatic rings. The second kappa shape index (κ2) is 4.63. The number of benzene rings is 1. The standard InChI is InChI=1S/C15H15N3S/c1-3-4-9(2)10-5-6-11-12(7-10)19-14-13(11)17-8-18-15(14)16/h5-8H,2-4H2,1H3,(H2,16,17,18). The predicted molar refractivity (Wildman–Crippen MR) is 83.3 cm³/mol. The highest BCUT2D eigenvalue weighted by molar-refractivity contribution is 7.26. The summed E-state index contributed by atoms with van der Waals surface area (Å²) in [6.45, 7) is 6.31. The van der Waals surface area contributed by atoms with Crippen molar-refractivity contribution in [2.75, 3.05) is 5.73 Å². The molecule has 2 N–H and O–H groups in total. The molecule has 3 nitrogen and oxygen atoms in total. The van der Waals surface area contributed by atoms with Crippen LogP contribution in [0, 0.1) is 0 Å². The second-order valence-electron chi connectivity index (χ2n) is 4.60. The van der Waals surface area contributed by atoms with Gasteiger partial charge in [0.2, 0.25) is 0 Å². The summed E-state index contributed by atoms with van der Waals surface area (Å²) in [6, 6.07) is 6.40. The third kappa shape index (κ3) is 1.98. The molecule has 0 fully saturated rings. The lowest BCUT2D eigenvalue weighted by Crippen LogP contribution is -1.89. The van der Waals surface area contributed by atoms with Gasteiger partial charge in [-0.05, 0) is 23.6 Å². The lowest BCUT2D eigenvalue weighted by atomic mass is 10.0. The molecule has 0 bridgehead atoms. The van der Waals surface area contributed by atoms with Crippen LogP contribution in [-0.4, -0.2) is 9.97 Å². The highest BCUT2D eigenvalue weighted by atomic mass is 32.1. The van der Waals surface area contributed by atoms with Crippen LogP contribution < -0.4 is 5.73 Å². The molecule has 0 atom stereocenters. The fourth-order valence-corrected chi connectivity index (χ4v) is 3.36. The smallest absolute Gasteiger partial charge is 0.144 e.